The van der Waals surface area contributed by atoms with Gasteiger partial charge in [0.15, 0.2) is 0 Å². The Bertz CT molecular complexity index is 817. The van der Waals surface area contributed by atoms with E-state index in [1.165, 1.54) is 18.6 Å². The van der Waals surface area contributed by atoms with E-state index in [0.717, 1.165) is 31.3 Å². The minimum atomic E-state index is -0.660. The highest BCUT2D eigenvalue weighted by Gasteiger charge is 2.32. The first-order valence-electron chi connectivity index (χ1n) is 8.06. The summed E-state index contributed by atoms with van der Waals surface area (Å²) in [5.74, 6) is -0.319. The highest BCUT2D eigenvalue weighted by Crippen LogP contribution is 2.32. The number of hydrogen-bond acceptors (Lipinski definition) is 4. The van der Waals surface area contributed by atoms with Crippen molar-refractivity contribution < 1.29 is 13.5 Å². The van der Waals surface area contributed by atoms with Crippen molar-refractivity contribution in [2.45, 2.75) is 38.5 Å². The minimum absolute atomic E-state index is 0.0476. The van der Waals surface area contributed by atoms with E-state index in [2.05, 4.69) is 9.88 Å². The van der Waals surface area contributed by atoms with Gasteiger partial charge in [0.25, 0.3) is 0 Å². The molecule has 2 aliphatic rings. The molecular formula is C17H17F2N3O2. The second-order valence-electron chi connectivity index (χ2n) is 6.26. The van der Waals surface area contributed by atoms with Gasteiger partial charge >= 0.3 is 5.69 Å². The van der Waals surface area contributed by atoms with Crippen LogP contribution in [0.4, 0.5) is 14.6 Å². The molecular weight excluding hydrogens is 316 g/mol. The number of halogens is 2. The molecule has 1 atom stereocenters. The number of piperidine rings is 1. The lowest BCUT2D eigenvalue weighted by molar-refractivity contribution is 0.290. The molecule has 1 aromatic carbocycles. The molecule has 4 rings (SSSR count). The van der Waals surface area contributed by atoms with Crippen molar-refractivity contribution in [3.63, 3.8) is 0 Å². The van der Waals surface area contributed by atoms with Crippen molar-refractivity contribution in [1.82, 2.24) is 9.55 Å². The lowest BCUT2D eigenvalue weighted by Crippen LogP contribution is -2.36. The van der Waals surface area contributed by atoms with Gasteiger partial charge in [-0.1, -0.05) is 0 Å². The van der Waals surface area contributed by atoms with E-state index >= 15 is 0 Å². The zero-order valence-corrected chi connectivity index (χ0v) is 13.0. The summed E-state index contributed by atoms with van der Waals surface area (Å²) >= 11 is 0. The molecule has 2 aromatic rings. The monoisotopic (exact) mass is 333 g/mol. The third-order valence-electron chi connectivity index (χ3n) is 4.59. The molecule has 2 aliphatic heterocycles. The van der Waals surface area contributed by atoms with Gasteiger partial charge in [-0.2, -0.15) is 4.98 Å². The van der Waals surface area contributed by atoms with Gasteiger partial charge in [0, 0.05) is 31.3 Å². The molecule has 5 nitrogen and oxygen atoms in total. The number of nitrogens with zero attached hydrogens (tertiary/aromatic N) is 3. The SMILES string of the molecule is O=c1nc(OCc2cc(F)cc(F)c2)cc2n1C[C@@H]1CCCCN21. The van der Waals surface area contributed by atoms with Gasteiger partial charge in [-0.3, -0.25) is 4.57 Å². The van der Waals surface area contributed by atoms with Crippen LogP contribution in [0.25, 0.3) is 0 Å². The van der Waals surface area contributed by atoms with E-state index in [1.807, 2.05) is 0 Å². The van der Waals surface area contributed by atoms with Crippen LogP contribution in [0.2, 0.25) is 0 Å². The molecule has 0 amide bonds. The van der Waals surface area contributed by atoms with Gasteiger partial charge < -0.3 is 9.64 Å². The van der Waals surface area contributed by atoms with E-state index in [0.29, 0.717) is 18.2 Å². The number of rotatable bonds is 3. The summed E-state index contributed by atoms with van der Waals surface area (Å²) in [5.41, 5.74) is 0.00747. The Morgan fingerprint density at radius 2 is 1.96 bits per heavy atom. The molecule has 1 aromatic heterocycles. The fraction of sp³-hybridized carbons (Fsp3) is 0.412. The topological polar surface area (TPSA) is 47.4 Å². The van der Waals surface area contributed by atoms with Gasteiger partial charge in [0.2, 0.25) is 5.88 Å². The normalized spacial score (nSPS) is 19.1. The van der Waals surface area contributed by atoms with Crippen LogP contribution in [0.1, 0.15) is 24.8 Å². The summed E-state index contributed by atoms with van der Waals surface area (Å²) in [5, 5.41) is 0. The number of fused-ring (bicyclic) bond motifs is 3. The van der Waals surface area contributed by atoms with Crippen molar-refractivity contribution in [3.05, 3.63) is 51.9 Å². The van der Waals surface area contributed by atoms with Crippen LogP contribution in [0.15, 0.2) is 29.1 Å². The maximum atomic E-state index is 13.2. The molecule has 1 fully saturated rings. The number of aromatic nitrogens is 2. The standard InChI is InChI=1S/C17H17F2N3O2/c18-12-5-11(6-13(19)7-12)10-24-15-8-16-21-4-2-1-3-14(21)9-22(16)17(23)20-15/h5-8,14H,1-4,9-10H2/t14-/m0/s1. The Balaban J connectivity index is 1.57. The predicted octanol–water partition coefficient (Wildman–Crippen LogP) is 2.47. The molecule has 0 saturated carbocycles. The number of ether oxygens (including phenoxy) is 1. The summed E-state index contributed by atoms with van der Waals surface area (Å²) in [6.45, 7) is 1.53. The lowest BCUT2D eigenvalue weighted by atomic mass is 10.0. The predicted molar refractivity (Wildman–Crippen MR) is 84.2 cm³/mol. The molecule has 0 N–H and O–H groups in total. The molecule has 126 valence electrons. The van der Waals surface area contributed by atoms with Crippen molar-refractivity contribution in [3.8, 4) is 5.88 Å². The van der Waals surface area contributed by atoms with Crippen LogP contribution in [-0.4, -0.2) is 22.1 Å². The first-order chi connectivity index (χ1) is 11.6. The van der Waals surface area contributed by atoms with Gasteiger partial charge in [-0.05, 0) is 37.0 Å². The van der Waals surface area contributed by atoms with Gasteiger partial charge in [0.05, 0.1) is 0 Å². The number of anilines is 1. The van der Waals surface area contributed by atoms with E-state index < -0.39 is 11.6 Å². The van der Waals surface area contributed by atoms with E-state index in [9.17, 15) is 13.6 Å². The zero-order chi connectivity index (χ0) is 16.7. The quantitative estimate of drug-likeness (QED) is 0.866. The first kappa shape index (κ1) is 15.1. The Kier molecular flexibility index (Phi) is 3.70. The van der Waals surface area contributed by atoms with Gasteiger partial charge in [-0.25, -0.2) is 13.6 Å². The Morgan fingerprint density at radius 1 is 1.17 bits per heavy atom. The van der Waals surface area contributed by atoms with Crippen molar-refractivity contribution >= 4 is 5.82 Å². The molecule has 7 heteroatoms. The van der Waals surface area contributed by atoms with E-state index in [4.69, 9.17) is 4.74 Å². The maximum absolute atomic E-state index is 13.2. The first-order valence-corrected chi connectivity index (χ1v) is 8.06. The summed E-state index contributed by atoms with van der Waals surface area (Å²) in [7, 11) is 0. The largest absolute Gasteiger partial charge is 0.473 e. The molecule has 0 bridgehead atoms. The van der Waals surface area contributed by atoms with Crippen LogP contribution in [0.5, 0.6) is 5.88 Å². The highest BCUT2D eigenvalue weighted by atomic mass is 19.1. The molecule has 24 heavy (non-hydrogen) atoms. The summed E-state index contributed by atoms with van der Waals surface area (Å²) < 4.78 is 33.6. The fourth-order valence-corrected chi connectivity index (χ4v) is 3.51. The van der Waals surface area contributed by atoms with Gasteiger partial charge in [-0.15, -0.1) is 0 Å². The molecule has 1 saturated heterocycles. The van der Waals surface area contributed by atoms with Crippen LogP contribution >= 0.6 is 0 Å². The lowest BCUT2D eigenvalue weighted by Gasteiger charge is -2.30. The average molecular weight is 333 g/mol. The van der Waals surface area contributed by atoms with Crippen LogP contribution in [0, 0.1) is 11.6 Å². The zero-order valence-electron chi connectivity index (χ0n) is 13.0. The van der Waals surface area contributed by atoms with Gasteiger partial charge in [0.1, 0.15) is 24.1 Å². The maximum Gasteiger partial charge on any atom is 0.352 e. The highest BCUT2D eigenvalue weighted by molar-refractivity contribution is 5.47. The summed E-state index contributed by atoms with van der Waals surface area (Å²) in [6.07, 6.45) is 3.34. The average Bonchev–Trinajstić information content (AvgIpc) is 2.92. The van der Waals surface area contributed by atoms with E-state index in [1.54, 1.807) is 10.6 Å². The Labute approximate surface area is 137 Å². The molecule has 0 unspecified atom stereocenters. The van der Waals surface area contributed by atoms with Crippen molar-refractivity contribution in [1.29, 1.82) is 0 Å². The smallest absolute Gasteiger partial charge is 0.352 e. The second kappa shape index (κ2) is 5.89. The Morgan fingerprint density at radius 3 is 2.75 bits per heavy atom. The molecule has 0 aliphatic carbocycles. The fourth-order valence-electron chi connectivity index (χ4n) is 3.51. The third-order valence-corrected chi connectivity index (χ3v) is 4.59. The van der Waals surface area contributed by atoms with Crippen molar-refractivity contribution in [2.24, 2.45) is 0 Å². The summed E-state index contributed by atoms with van der Waals surface area (Å²) in [4.78, 5) is 18.4. The number of hydrogen-bond donors (Lipinski definition) is 0. The Hall–Kier alpha value is -2.44. The molecule has 3 heterocycles. The summed E-state index contributed by atoms with van der Waals surface area (Å²) in [6, 6.07) is 5.29. The second-order valence-corrected chi connectivity index (χ2v) is 6.26. The van der Waals surface area contributed by atoms with Crippen molar-refractivity contribution in [2.75, 3.05) is 11.4 Å². The van der Waals surface area contributed by atoms with Crippen LogP contribution in [-0.2, 0) is 13.2 Å². The minimum Gasteiger partial charge on any atom is -0.473 e. The third kappa shape index (κ3) is 2.74. The number of benzene rings is 1. The van der Waals surface area contributed by atoms with Crippen LogP contribution in [0.3, 0.4) is 0 Å². The molecule has 0 radical (unpaired) electrons. The van der Waals surface area contributed by atoms with Crippen LogP contribution < -0.4 is 15.3 Å². The van der Waals surface area contributed by atoms with E-state index in [-0.39, 0.29) is 18.2 Å². The molecule has 0 spiro atoms.